The number of carbonyl (C=O) groups excluding carboxylic acids is 2. The number of benzene rings is 1. The first kappa shape index (κ1) is 19.2. The summed E-state index contributed by atoms with van der Waals surface area (Å²) in [5, 5.41) is 12.3. The molecule has 0 spiro atoms. The third-order valence-electron chi connectivity index (χ3n) is 5.10. The van der Waals surface area contributed by atoms with E-state index >= 15 is 0 Å². The predicted molar refractivity (Wildman–Crippen MR) is 98.2 cm³/mol. The normalized spacial score (nSPS) is 27.8. The number of rotatable bonds is 3. The fraction of sp³-hybridized carbons (Fsp3) is 0.550. The van der Waals surface area contributed by atoms with Gasteiger partial charge in [0.05, 0.1) is 0 Å². The molecule has 2 fully saturated rings. The number of amides is 2. The van der Waals surface area contributed by atoms with E-state index in [4.69, 9.17) is 4.74 Å². The maximum Gasteiger partial charge on any atom is 0.408 e. The zero-order chi connectivity index (χ0) is 19.8. The summed E-state index contributed by atoms with van der Waals surface area (Å²) in [6.07, 6.45) is 0.796. The molecule has 0 aliphatic carbocycles. The number of aliphatic carboxylic acids is 1. The molecule has 0 radical (unpaired) electrons. The smallest absolute Gasteiger partial charge is 0.408 e. The third kappa shape index (κ3) is 4.23. The van der Waals surface area contributed by atoms with Crippen LogP contribution in [0.2, 0.25) is 0 Å². The number of nitrogens with zero attached hydrogens (tertiary/aromatic N) is 1. The van der Waals surface area contributed by atoms with Crippen LogP contribution in [0, 0.1) is 0 Å². The number of alkyl carbamates (subject to hydrolysis) is 1. The SMILES string of the molecule is CC(C)(C)OC(=O)N[C@H]1C[C@H]2C[C@@H](c3ccccc3)C[C@@H](C(=O)O)N2C1=O. The van der Waals surface area contributed by atoms with Crippen LogP contribution >= 0.6 is 0 Å². The Labute approximate surface area is 158 Å². The van der Waals surface area contributed by atoms with E-state index in [0.717, 1.165) is 5.56 Å². The summed E-state index contributed by atoms with van der Waals surface area (Å²) in [5.74, 6) is -1.28. The zero-order valence-corrected chi connectivity index (χ0v) is 15.8. The first-order valence-electron chi connectivity index (χ1n) is 9.25. The summed E-state index contributed by atoms with van der Waals surface area (Å²) in [7, 11) is 0. The minimum Gasteiger partial charge on any atom is -0.480 e. The minimum absolute atomic E-state index is 0.0710. The van der Waals surface area contributed by atoms with Crippen molar-refractivity contribution in [1.29, 1.82) is 0 Å². The molecule has 1 aromatic carbocycles. The van der Waals surface area contributed by atoms with Gasteiger partial charge in [-0.05, 0) is 51.5 Å². The van der Waals surface area contributed by atoms with E-state index in [1.165, 1.54) is 4.90 Å². The van der Waals surface area contributed by atoms with Gasteiger partial charge in [0.25, 0.3) is 0 Å². The van der Waals surface area contributed by atoms with Crippen molar-refractivity contribution in [1.82, 2.24) is 10.2 Å². The molecule has 2 amide bonds. The van der Waals surface area contributed by atoms with Gasteiger partial charge in [0, 0.05) is 6.04 Å². The van der Waals surface area contributed by atoms with E-state index in [1.807, 2.05) is 30.3 Å². The van der Waals surface area contributed by atoms with E-state index in [9.17, 15) is 19.5 Å². The molecule has 1 aromatic rings. The van der Waals surface area contributed by atoms with Crippen LogP contribution in [-0.4, -0.2) is 51.7 Å². The Morgan fingerprint density at radius 2 is 1.81 bits per heavy atom. The summed E-state index contributed by atoms with van der Waals surface area (Å²) in [5.41, 5.74) is 0.417. The lowest BCUT2D eigenvalue weighted by Gasteiger charge is -2.39. The average molecular weight is 374 g/mol. The molecule has 2 aliphatic rings. The van der Waals surface area contributed by atoms with E-state index in [0.29, 0.717) is 19.3 Å². The zero-order valence-electron chi connectivity index (χ0n) is 15.8. The van der Waals surface area contributed by atoms with Crippen molar-refractivity contribution in [3.05, 3.63) is 35.9 Å². The number of piperidine rings is 1. The first-order valence-corrected chi connectivity index (χ1v) is 9.25. The lowest BCUT2D eigenvalue weighted by molar-refractivity contribution is -0.152. The summed E-state index contributed by atoms with van der Waals surface area (Å²) in [6.45, 7) is 5.24. The summed E-state index contributed by atoms with van der Waals surface area (Å²) >= 11 is 0. The molecule has 7 heteroatoms. The number of carboxylic acids is 1. The molecule has 2 heterocycles. The molecule has 0 saturated carbocycles. The Bertz CT molecular complexity index is 728. The van der Waals surface area contributed by atoms with Crippen molar-refractivity contribution < 1.29 is 24.2 Å². The van der Waals surface area contributed by atoms with Crippen LogP contribution in [0.1, 0.15) is 51.5 Å². The first-order chi connectivity index (χ1) is 12.7. The molecule has 0 unspecified atom stereocenters. The van der Waals surface area contributed by atoms with Crippen molar-refractivity contribution in [3.63, 3.8) is 0 Å². The number of nitrogens with one attached hydrogen (secondary N) is 1. The maximum atomic E-state index is 12.8. The molecule has 146 valence electrons. The van der Waals surface area contributed by atoms with Gasteiger partial charge >= 0.3 is 12.1 Å². The molecule has 0 aromatic heterocycles. The van der Waals surface area contributed by atoms with Crippen LogP contribution in [0.25, 0.3) is 0 Å². The van der Waals surface area contributed by atoms with Crippen LogP contribution in [0.3, 0.4) is 0 Å². The molecule has 2 saturated heterocycles. The highest BCUT2D eigenvalue weighted by molar-refractivity contribution is 5.91. The van der Waals surface area contributed by atoms with Gasteiger partial charge < -0.3 is 20.1 Å². The van der Waals surface area contributed by atoms with Crippen LogP contribution in [0.5, 0.6) is 0 Å². The Kier molecular flexibility index (Phi) is 5.13. The topological polar surface area (TPSA) is 95.9 Å². The van der Waals surface area contributed by atoms with Crippen molar-refractivity contribution in [2.45, 2.75) is 69.7 Å². The molecule has 4 atom stereocenters. The van der Waals surface area contributed by atoms with Crippen LogP contribution in [0.15, 0.2) is 30.3 Å². The molecule has 0 bridgehead atoms. The van der Waals surface area contributed by atoms with Crippen molar-refractivity contribution in [2.24, 2.45) is 0 Å². The van der Waals surface area contributed by atoms with Gasteiger partial charge in [-0.2, -0.15) is 0 Å². The van der Waals surface area contributed by atoms with Crippen molar-refractivity contribution in [3.8, 4) is 0 Å². The molecule has 27 heavy (non-hydrogen) atoms. The van der Waals surface area contributed by atoms with Gasteiger partial charge in [0.15, 0.2) is 0 Å². The second kappa shape index (κ2) is 7.21. The average Bonchev–Trinajstić information content (AvgIpc) is 2.89. The number of hydrogen-bond donors (Lipinski definition) is 2. The van der Waals surface area contributed by atoms with E-state index < -0.39 is 29.7 Å². The largest absolute Gasteiger partial charge is 0.480 e. The van der Waals surface area contributed by atoms with Crippen molar-refractivity contribution in [2.75, 3.05) is 0 Å². The molecular weight excluding hydrogens is 348 g/mol. The quantitative estimate of drug-likeness (QED) is 0.847. The Morgan fingerprint density at radius 3 is 2.41 bits per heavy atom. The number of fused-ring (bicyclic) bond motifs is 1. The number of carboxylic acid groups (broad SMARTS) is 1. The number of ether oxygens (including phenoxy) is 1. The lowest BCUT2D eigenvalue weighted by atomic mass is 9.82. The number of carbonyl (C=O) groups is 3. The standard InChI is InChI=1S/C20H26N2O5/c1-20(2,3)27-19(26)21-15-11-14-9-13(12-7-5-4-6-8-12)10-16(18(24)25)22(14)17(15)23/h4-8,13-16H,9-11H2,1-3H3,(H,21,26)(H,24,25)/t13-,14-,15+,16+/m1/s1. The van der Waals surface area contributed by atoms with Gasteiger partial charge in [-0.15, -0.1) is 0 Å². The van der Waals surface area contributed by atoms with Gasteiger partial charge in [-0.3, -0.25) is 4.79 Å². The van der Waals surface area contributed by atoms with Gasteiger partial charge in [0.2, 0.25) is 5.91 Å². The minimum atomic E-state index is -1.01. The van der Waals surface area contributed by atoms with Crippen LogP contribution in [0.4, 0.5) is 4.79 Å². The highest BCUT2D eigenvalue weighted by atomic mass is 16.6. The highest BCUT2D eigenvalue weighted by Crippen LogP contribution is 2.40. The Hall–Kier alpha value is -2.57. The summed E-state index contributed by atoms with van der Waals surface area (Å²) < 4.78 is 5.23. The lowest BCUT2D eigenvalue weighted by Crippen LogP contribution is -2.52. The summed E-state index contributed by atoms with van der Waals surface area (Å²) in [4.78, 5) is 38.1. The van der Waals surface area contributed by atoms with Crippen LogP contribution < -0.4 is 5.32 Å². The fourth-order valence-electron chi connectivity index (χ4n) is 4.06. The van der Waals surface area contributed by atoms with E-state index in [1.54, 1.807) is 20.8 Å². The fourth-order valence-corrected chi connectivity index (χ4v) is 4.06. The monoisotopic (exact) mass is 374 g/mol. The molecule has 2 aliphatic heterocycles. The van der Waals surface area contributed by atoms with Gasteiger partial charge in [0.1, 0.15) is 17.7 Å². The molecule has 7 nitrogen and oxygen atoms in total. The van der Waals surface area contributed by atoms with Crippen LogP contribution in [-0.2, 0) is 14.3 Å². The van der Waals surface area contributed by atoms with Gasteiger partial charge in [-0.1, -0.05) is 30.3 Å². The maximum absolute atomic E-state index is 12.8. The Balaban J connectivity index is 1.76. The molecule has 3 rings (SSSR count). The highest BCUT2D eigenvalue weighted by Gasteiger charge is 2.50. The van der Waals surface area contributed by atoms with Gasteiger partial charge in [-0.25, -0.2) is 9.59 Å². The Morgan fingerprint density at radius 1 is 1.15 bits per heavy atom. The number of hydrogen-bond acceptors (Lipinski definition) is 4. The van der Waals surface area contributed by atoms with E-state index in [2.05, 4.69) is 5.32 Å². The third-order valence-corrected chi connectivity index (χ3v) is 5.10. The van der Waals surface area contributed by atoms with E-state index in [-0.39, 0.29) is 17.9 Å². The second-order valence-electron chi connectivity index (χ2n) is 8.27. The molecule has 2 N–H and O–H groups in total. The summed E-state index contributed by atoms with van der Waals surface area (Å²) in [6, 6.07) is 7.94. The second-order valence-corrected chi connectivity index (χ2v) is 8.27. The molecular formula is C20H26N2O5. The predicted octanol–water partition coefficient (Wildman–Crippen LogP) is 2.51. The van der Waals surface area contributed by atoms with Crippen molar-refractivity contribution >= 4 is 18.0 Å².